The van der Waals surface area contributed by atoms with Crippen molar-refractivity contribution in [2.75, 3.05) is 7.11 Å². The van der Waals surface area contributed by atoms with Crippen LogP contribution in [-0.4, -0.2) is 18.6 Å². The first-order valence-corrected chi connectivity index (χ1v) is 3.88. The molecule has 0 aliphatic heterocycles. The van der Waals surface area contributed by atoms with Crippen molar-refractivity contribution in [2.24, 2.45) is 0 Å². The van der Waals surface area contributed by atoms with E-state index < -0.39 is 12.1 Å². The first kappa shape index (κ1) is 11.6. The van der Waals surface area contributed by atoms with Crippen molar-refractivity contribution in [1.82, 2.24) is 0 Å². The minimum Gasteiger partial charge on any atom is -0.492 e. The lowest BCUT2D eigenvalue weighted by molar-refractivity contribution is -0.275. The number of aliphatic hydroxyl groups is 1. The van der Waals surface area contributed by atoms with E-state index in [9.17, 15) is 13.2 Å². The van der Waals surface area contributed by atoms with Gasteiger partial charge in [0.2, 0.25) is 0 Å². The predicted octanol–water partition coefficient (Wildman–Crippen LogP) is 2.48. The molecule has 0 aliphatic rings. The van der Waals surface area contributed by atoms with Crippen LogP contribution in [0.2, 0.25) is 0 Å². The Labute approximate surface area is 84.0 Å². The first-order chi connectivity index (χ1) is 6.98. The maximum atomic E-state index is 11.9. The Morgan fingerprint density at radius 3 is 2.47 bits per heavy atom. The third-order valence-electron chi connectivity index (χ3n) is 1.58. The van der Waals surface area contributed by atoms with Gasteiger partial charge >= 0.3 is 6.36 Å². The van der Waals surface area contributed by atoms with Gasteiger partial charge in [0.15, 0.2) is 11.5 Å². The Balaban J connectivity index is 3.06. The maximum Gasteiger partial charge on any atom is 0.573 e. The molecule has 1 N–H and O–H groups in total. The molecule has 1 rings (SSSR count). The highest BCUT2D eigenvalue weighted by molar-refractivity contribution is 5.48. The van der Waals surface area contributed by atoms with E-state index in [-0.39, 0.29) is 11.3 Å². The Morgan fingerprint density at radius 1 is 1.33 bits per heavy atom. The molecule has 0 saturated heterocycles. The predicted molar refractivity (Wildman–Crippen MR) is 45.0 cm³/mol. The van der Waals surface area contributed by atoms with Gasteiger partial charge < -0.3 is 14.6 Å². The molecule has 0 spiro atoms. The van der Waals surface area contributed by atoms with Crippen molar-refractivity contribution in [3.05, 3.63) is 30.4 Å². The summed E-state index contributed by atoms with van der Waals surface area (Å²) in [6.45, 7) is 0.641. The molecule has 0 atom stereocenters. The van der Waals surface area contributed by atoms with Gasteiger partial charge in [0.1, 0.15) is 6.61 Å². The quantitative estimate of drug-likeness (QED) is 0.852. The first-order valence-electron chi connectivity index (χ1n) is 3.88. The van der Waals surface area contributed by atoms with Gasteiger partial charge in [0, 0.05) is 5.56 Å². The number of ether oxygens (including phenoxy) is 2. The monoisotopic (exact) mass is 221 g/mol. The minimum atomic E-state index is -4.79. The molecule has 6 heteroatoms. The van der Waals surface area contributed by atoms with Crippen molar-refractivity contribution < 1.29 is 27.8 Å². The smallest absolute Gasteiger partial charge is 0.492 e. The van der Waals surface area contributed by atoms with Crippen LogP contribution in [0.3, 0.4) is 0 Å². The van der Waals surface area contributed by atoms with E-state index in [1.54, 1.807) is 0 Å². The van der Waals surface area contributed by atoms with Gasteiger partial charge in [-0.2, -0.15) is 0 Å². The standard InChI is InChI=1S/C9H8F3O3/c1-14-8-6(5-13)3-2-4-7(8)15-9(10,11)12/h2-5,13H,1H3. The number of hydrogen-bond donors (Lipinski definition) is 1. The highest BCUT2D eigenvalue weighted by Crippen LogP contribution is 2.35. The molecule has 1 aromatic rings. The van der Waals surface area contributed by atoms with Crippen LogP contribution in [0.5, 0.6) is 11.5 Å². The van der Waals surface area contributed by atoms with Crippen molar-refractivity contribution >= 4 is 0 Å². The lowest BCUT2D eigenvalue weighted by Gasteiger charge is -2.14. The summed E-state index contributed by atoms with van der Waals surface area (Å²) in [5, 5.41) is 8.73. The largest absolute Gasteiger partial charge is 0.573 e. The topological polar surface area (TPSA) is 38.7 Å². The molecule has 83 valence electrons. The molecule has 3 nitrogen and oxygen atoms in total. The van der Waals surface area contributed by atoms with E-state index in [1.165, 1.54) is 19.2 Å². The third-order valence-corrected chi connectivity index (χ3v) is 1.58. The van der Waals surface area contributed by atoms with Crippen LogP contribution in [0.15, 0.2) is 18.2 Å². The third kappa shape index (κ3) is 3.02. The van der Waals surface area contributed by atoms with Crippen LogP contribution >= 0.6 is 0 Å². The molecular formula is C9H8F3O3. The maximum absolute atomic E-state index is 11.9. The van der Waals surface area contributed by atoms with Crippen LogP contribution in [0.1, 0.15) is 5.56 Å². The summed E-state index contributed by atoms with van der Waals surface area (Å²) >= 11 is 0. The van der Waals surface area contributed by atoms with Crippen molar-refractivity contribution in [3.8, 4) is 11.5 Å². The molecule has 0 heterocycles. The van der Waals surface area contributed by atoms with Crippen LogP contribution in [0, 0.1) is 6.61 Å². The SMILES string of the molecule is COc1c([CH]O)cccc1OC(F)(F)F. The second kappa shape index (κ2) is 4.39. The zero-order valence-corrected chi connectivity index (χ0v) is 7.71. The lowest BCUT2D eigenvalue weighted by atomic mass is 10.2. The van der Waals surface area contributed by atoms with Crippen LogP contribution in [0.4, 0.5) is 13.2 Å². The summed E-state index contributed by atoms with van der Waals surface area (Å²) in [6.07, 6.45) is -4.79. The van der Waals surface area contributed by atoms with Gasteiger partial charge in [-0.05, 0) is 6.07 Å². The fourth-order valence-electron chi connectivity index (χ4n) is 1.06. The fourth-order valence-corrected chi connectivity index (χ4v) is 1.06. The lowest BCUT2D eigenvalue weighted by Crippen LogP contribution is -2.17. The van der Waals surface area contributed by atoms with Gasteiger partial charge in [0.25, 0.3) is 0 Å². The average molecular weight is 221 g/mol. The normalized spacial score (nSPS) is 11.3. The number of rotatable bonds is 3. The van der Waals surface area contributed by atoms with Gasteiger partial charge in [-0.1, -0.05) is 12.1 Å². The van der Waals surface area contributed by atoms with Gasteiger partial charge in [0.05, 0.1) is 7.11 Å². The van der Waals surface area contributed by atoms with E-state index in [0.717, 1.165) is 6.07 Å². The molecule has 0 unspecified atom stereocenters. The number of alkyl halides is 3. The Morgan fingerprint density at radius 2 is 2.00 bits per heavy atom. The molecule has 0 fully saturated rings. The van der Waals surface area contributed by atoms with E-state index in [0.29, 0.717) is 6.61 Å². The summed E-state index contributed by atoms with van der Waals surface area (Å²) in [7, 11) is 1.19. The molecule has 15 heavy (non-hydrogen) atoms. The molecule has 0 bridgehead atoms. The summed E-state index contributed by atoms with van der Waals surface area (Å²) in [5.74, 6) is -0.662. The second-order valence-electron chi connectivity index (χ2n) is 2.56. The van der Waals surface area contributed by atoms with Crippen LogP contribution < -0.4 is 9.47 Å². The number of benzene rings is 1. The van der Waals surface area contributed by atoms with Gasteiger partial charge in [-0.15, -0.1) is 13.2 Å². The van der Waals surface area contributed by atoms with Gasteiger partial charge in [-0.25, -0.2) is 0 Å². The van der Waals surface area contributed by atoms with E-state index in [1.807, 2.05) is 0 Å². The molecule has 1 aromatic carbocycles. The Hall–Kier alpha value is -1.43. The van der Waals surface area contributed by atoms with E-state index >= 15 is 0 Å². The van der Waals surface area contributed by atoms with E-state index in [4.69, 9.17) is 9.84 Å². The molecule has 0 aliphatic carbocycles. The van der Waals surface area contributed by atoms with Gasteiger partial charge in [-0.3, -0.25) is 0 Å². The van der Waals surface area contributed by atoms with E-state index in [2.05, 4.69) is 4.74 Å². The Bertz CT molecular complexity index is 336. The molecule has 0 saturated carbocycles. The number of para-hydroxylation sites is 1. The second-order valence-corrected chi connectivity index (χ2v) is 2.56. The number of methoxy groups -OCH3 is 1. The Kier molecular flexibility index (Phi) is 3.41. The number of halogens is 3. The highest BCUT2D eigenvalue weighted by atomic mass is 19.4. The number of aliphatic hydroxyl groups excluding tert-OH is 1. The van der Waals surface area contributed by atoms with Crippen molar-refractivity contribution in [3.63, 3.8) is 0 Å². The summed E-state index contributed by atoms with van der Waals surface area (Å²) in [5.41, 5.74) is 0.110. The summed E-state index contributed by atoms with van der Waals surface area (Å²) in [4.78, 5) is 0. The fraction of sp³-hybridized carbons (Fsp3) is 0.222. The highest BCUT2D eigenvalue weighted by Gasteiger charge is 2.32. The van der Waals surface area contributed by atoms with Crippen molar-refractivity contribution in [2.45, 2.75) is 6.36 Å². The zero-order chi connectivity index (χ0) is 11.5. The minimum absolute atomic E-state index is 0.110. The summed E-state index contributed by atoms with van der Waals surface area (Å²) in [6, 6.07) is 3.80. The summed E-state index contributed by atoms with van der Waals surface area (Å²) < 4.78 is 44.2. The number of hydrogen-bond acceptors (Lipinski definition) is 3. The van der Waals surface area contributed by atoms with Crippen LogP contribution in [-0.2, 0) is 0 Å². The van der Waals surface area contributed by atoms with Crippen LogP contribution in [0.25, 0.3) is 0 Å². The molecule has 1 radical (unpaired) electrons. The zero-order valence-electron chi connectivity index (χ0n) is 7.71. The average Bonchev–Trinajstić information content (AvgIpc) is 2.15. The molecular weight excluding hydrogens is 213 g/mol. The molecule has 0 aromatic heterocycles. The molecule has 0 amide bonds. The van der Waals surface area contributed by atoms with Crippen molar-refractivity contribution in [1.29, 1.82) is 0 Å².